The molecule has 1 aliphatic heterocycles. The van der Waals surface area contributed by atoms with Crippen molar-refractivity contribution in [3.05, 3.63) is 29.6 Å². The minimum atomic E-state index is -1.37. The van der Waals surface area contributed by atoms with Gasteiger partial charge in [0.15, 0.2) is 0 Å². The maximum Gasteiger partial charge on any atom is 0.338 e. The minimum absolute atomic E-state index is 0.245. The Balaban J connectivity index is 1.87. The smallest absolute Gasteiger partial charge is 0.338 e. The van der Waals surface area contributed by atoms with E-state index in [0.29, 0.717) is 12.5 Å². The Bertz CT molecular complexity index is 550. The van der Waals surface area contributed by atoms with Gasteiger partial charge in [-0.25, -0.2) is 14.0 Å². The SMILES string of the molecule is CN1CCC(CNC(=O)Nc2ccc(F)c(C(=O)O)c2)C1. The number of halogens is 1. The molecule has 0 saturated carbocycles. The zero-order valence-electron chi connectivity index (χ0n) is 11.7. The van der Waals surface area contributed by atoms with Gasteiger partial charge in [0.05, 0.1) is 5.56 Å². The van der Waals surface area contributed by atoms with Gasteiger partial charge in [0.1, 0.15) is 5.82 Å². The molecule has 2 amide bonds. The Morgan fingerprint density at radius 2 is 2.24 bits per heavy atom. The molecule has 0 aliphatic carbocycles. The van der Waals surface area contributed by atoms with Crippen LogP contribution in [0.3, 0.4) is 0 Å². The van der Waals surface area contributed by atoms with Gasteiger partial charge in [-0.05, 0) is 44.1 Å². The summed E-state index contributed by atoms with van der Waals surface area (Å²) in [5, 5.41) is 14.1. The number of urea groups is 1. The summed E-state index contributed by atoms with van der Waals surface area (Å²) in [6.45, 7) is 2.52. The first-order valence-corrected chi connectivity index (χ1v) is 6.72. The van der Waals surface area contributed by atoms with Crippen molar-refractivity contribution >= 4 is 17.7 Å². The molecule has 1 saturated heterocycles. The Hall–Kier alpha value is -2.15. The van der Waals surface area contributed by atoms with Crippen molar-refractivity contribution in [2.45, 2.75) is 6.42 Å². The van der Waals surface area contributed by atoms with Crippen molar-refractivity contribution in [2.75, 3.05) is 32.0 Å². The quantitative estimate of drug-likeness (QED) is 0.788. The highest BCUT2D eigenvalue weighted by molar-refractivity contribution is 5.93. The van der Waals surface area contributed by atoms with Crippen LogP contribution >= 0.6 is 0 Å². The Kier molecular flexibility index (Phi) is 4.74. The zero-order valence-corrected chi connectivity index (χ0v) is 11.7. The summed E-state index contributed by atoms with van der Waals surface area (Å²) in [5.74, 6) is -1.78. The highest BCUT2D eigenvalue weighted by Gasteiger charge is 2.19. The van der Waals surface area contributed by atoms with Gasteiger partial charge in [-0.3, -0.25) is 0 Å². The van der Waals surface area contributed by atoms with Gasteiger partial charge >= 0.3 is 12.0 Å². The molecule has 1 atom stereocenters. The molecule has 1 heterocycles. The van der Waals surface area contributed by atoms with Crippen molar-refractivity contribution < 1.29 is 19.1 Å². The van der Waals surface area contributed by atoms with E-state index in [1.807, 2.05) is 7.05 Å². The lowest BCUT2D eigenvalue weighted by atomic mass is 10.1. The van der Waals surface area contributed by atoms with Crippen LogP contribution in [0.4, 0.5) is 14.9 Å². The van der Waals surface area contributed by atoms with Crippen LogP contribution in [0.1, 0.15) is 16.8 Å². The highest BCUT2D eigenvalue weighted by atomic mass is 19.1. The monoisotopic (exact) mass is 295 g/mol. The summed E-state index contributed by atoms with van der Waals surface area (Å²) in [6, 6.07) is 3.02. The van der Waals surface area contributed by atoms with Crippen LogP contribution in [-0.4, -0.2) is 48.7 Å². The Morgan fingerprint density at radius 3 is 2.86 bits per heavy atom. The highest BCUT2D eigenvalue weighted by Crippen LogP contribution is 2.15. The van der Waals surface area contributed by atoms with E-state index in [-0.39, 0.29) is 5.69 Å². The van der Waals surface area contributed by atoms with Crippen LogP contribution in [0.2, 0.25) is 0 Å². The number of aromatic carboxylic acids is 1. The topological polar surface area (TPSA) is 81.7 Å². The number of hydrogen-bond acceptors (Lipinski definition) is 3. The second-order valence-electron chi connectivity index (χ2n) is 5.25. The number of nitrogens with one attached hydrogen (secondary N) is 2. The summed E-state index contributed by atoms with van der Waals surface area (Å²) < 4.78 is 13.2. The van der Waals surface area contributed by atoms with Crippen LogP contribution in [0, 0.1) is 11.7 Å². The Morgan fingerprint density at radius 1 is 1.48 bits per heavy atom. The van der Waals surface area contributed by atoms with E-state index < -0.39 is 23.4 Å². The van der Waals surface area contributed by atoms with E-state index in [0.717, 1.165) is 31.6 Å². The fourth-order valence-corrected chi connectivity index (χ4v) is 2.37. The van der Waals surface area contributed by atoms with Crippen molar-refractivity contribution in [3.63, 3.8) is 0 Å². The molecule has 21 heavy (non-hydrogen) atoms. The van der Waals surface area contributed by atoms with Crippen LogP contribution < -0.4 is 10.6 Å². The van der Waals surface area contributed by atoms with Crippen LogP contribution in [0.5, 0.6) is 0 Å². The Labute approximate surface area is 121 Å². The van der Waals surface area contributed by atoms with E-state index in [1.54, 1.807) is 0 Å². The van der Waals surface area contributed by atoms with Crippen molar-refractivity contribution in [1.82, 2.24) is 10.2 Å². The molecule has 1 unspecified atom stereocenters. The number of nitrogens with zero attached hydrogens (tertiary/aromatic N) is 1. The van der Waals surface area contributed by atoms with Crippen LogP contribution in [0.25, 0.3) is 0 Å². The fraction of sp³-hybridized carbons (Fsp3) is 0.429. The molecule has 1 fully saturated rings. The number of hydrogen-bond donors (Lipinski definition) is 3. The predicted molar refractivity (Wildman–Crippen MR) is 76.0 cm³/mol. The summed E-state index contributed by atoms with van der Waals surface area (Å²) >= 11 is 0. The van der Waals surface area contributed by atoms with Gasteiger partial charge in [-0.2, -0.15) is 0 Å². The van der Waals surface area contributed by atoms with Crippen molar-refractivity contribution in [2.24, 2.45) is 5.92 Å². The van der Waals surface area contributed by atoms with Crippen molar-refractivity contribution in [3.8, 4) is 0 Å². The summed E-state index contributed by atoms with van der Waals surface area (Å²) in [5.41, 5.74) is -0.222. The minimum Gasteiger partial charge on any atom is -0.478 e. The molecule has 3 N–H and O–H groups in total. The third kappa shape index (κ3) is 4.16. The largest absolute Gasteiger partial charge is 0.478 e. The number of amides is 2. The number of carboxylic acids is 1. The third-order valence-corrected chi connectivity index (χ3v) is 3.49. The van der Waals surface area contributed by atoms with E-state index in [2.05, 4.69) is 15.5 Å². The van der Waals surface area contributed by atoms with Gasteiger partial charge in [0.25, 0.3) is 0 Å². The molecule has 6 nitrogen and oxygen atoms in total. The van der Waals surface area contributed by atoms with Gasteiger partial charge in [0.2, 0.25) is 0 Å². The second kappa shape index (κ2) is 6.53. The van der Waals surface area contributed by atoms with E-state index >= 15 is 0 Å². The number of likely N-dealkylation sites (tertiary alicyclic amines) is 1. The fourth-order valence-electron chi connectivity index (χ4n) is 2.37. The first-order valence-electron chi connectivity index (χ1n) is 6.72. The molecule has 1 aliphatic rings. The first kappa shape index (κ1) is 15.2. The van der Waals surface area contributed by atoms with Crippen LogP contribution in [0.15, 0.2) is 18.2 Å². The van der Waals surface area contributed by atoms with Crippen LogP contribution in [-0.2, 0) is 0 Å². The summed E-state index contributed by atoms with van der Waals surface area (Å²) in [6.07, 6.45) is 1.04. The molecular formula is C14H18FN3O3. The lowest BCUT2D eigenvalue weighted by molar-refractivity contribution is 0.0692. The number of anilines is 1. The molecule has 7 heteroatoms. The van der Waals surface area contributed by atoms with Crippen molar-refractivity contribution in [1.29, 1.82) is 0 Å². The molecule has 0 radical (unpaired) electrons. The molecule has 0 bridgehead atoms. The van der Waals surface area contributed by atoms with E-state index in [4.69, 9.17) is 5.11 Å². The number of carboxylic acid groups (broad SMARTS) is 1. The molecule has 114 valence electrons. The number of benzene rings is 1. The number of carbonyl (C=O) groups excluding carboxylic acids is 1. The summed E-state index contributed by atoms with van der Waals surface area (Å²) in [4.78, 5) is 24.8. The maximum atomic E-state index is 13.2. The molecular weight excluding hydrogens is 277 g/mol. The normalized spacial score (nSPS) is 18.5. The lowest BCUT2D eigenvalue weighted by Gasteiger charge is -2.12. The third-order valence-electron chi connectivity index (χ3n) is 3.49. The zero-order chi connectivity index (χ0) is 15.4. The maximum absolute atomic E-state index is 13.2. The second-order valence-corrected chi connectivity index (χ2v) is 5.25. The molecule has 2 rings (SSSR count). The number of carbonyl (C=O) groups is 2. The summed E-state index contributed by atoms with van der Waals surface area (Å²) in [7, 11) is 2.03. The molecule has 1 aromatic rings. The average molecular weight is 295 g/mol. The standard InChI is InChI=1S/C14H18FN3O3/c1-18-5-4-9(8-18)7-16-14(21)17-10-2-3-12(15)11(6-10)13(19)20/h2-3,6,9H,4-5,7-8H2,1H3,(H,19,20)(H2,16,17,21). The van der Waals surface area contributed by atoms with E-state index in [9.17, 15) is 14.0 Å². The van der Waals surface area contributed by atoms with Gasteiger partial charge < -0.3 is 20.6 Å². The van der Waals surface area contributed by atoms with E-state index in [1.165, 1.54) is 6.07 Å². The first-order chi connectivity index (χ1) is 9.95. The molecule has 0 spiro atoms. The van der Waals surface area contributed by atoms with Gasteiger partial charge in [-0.1, -0.05) is 0 Å². The predicted octanol–water partition coefficient (Wildman–Crippen LogP) is 1.60. The molecule has 1 aromatic carbocycles. The molecule has 0 aromatic heterocycles. The number of rotatable bonds is 4. The van der Waals surface area contributed by atoms with Gasteiger partial charge in [0, 0.05) is 18.8 Å². The lowest BCUT2D eigenvalue weighted by Crippen LogP contribution is -2.33. The van der Waals surface area contributed by atoms with Gasteiger partial charge in [-0.15, -0.1) is 0 Å². The average Bonchev–Trinajstić information content (AvgIpc) is 2.84.